The van der Waals surface area contributed by atoms with Gasteiger partial charge in [-0.1, -0.05) is 0 Å². The Labute approximate surface area is 160 Å². The second kappa shape index (κ2) is 7.62. The molecule has 1 saturated heterocycles. The SMILES string of the molecule is CC(C)n1c(C(=O)NCC2CCOCC2)nc2c1CCN(C(=O)C1CC1)C2. The van der Waals surface area contributed by atoms with Crippen LogP contribution in [-0.2, 0) is 22.5 Å². The van der Waals surface area contributed by atoms with E-state index in [9.17, 15) is 9.59 Å². The number of fused-ring (bicyclic) bond motifs is 1. The van der Waals surface area contributed by atoms with E-state index in [-0.39, 0.29) is 23.8 Å². The first-order chi connectivity index (χ1) is 13.0. The fourth-order valence-electron chi connectivity index (χ4n) is 4.16. The number of carbonyl (C=O) groups excluding carboxylic acids is 2. The Morgan fingerprint density at radius 3 is 2.63 bits per heavy atom. The molecule has 0 aromatic carbocycles. The first-order valence-electron chi connectivity index (χ1n) is 10.3. The maximum absolute atomic E-state index is 12.9. The van der Waals surface area contributed by atoms with E-state index in [2.05, 4.69) is 28.7 Å². The van der Waals surface area contributed by atoms with Crippen LogP contribution in [0.25, 0.3) is 0 Å². The second-order valence-corrected chi connectivity index (χ2v) is 8.34. The molecule has 1 N–H and O–H groups in total. The van der Waals surface area contributed by atoms with Crippen molar-refractivity contribution in [1.82, 2.24) is 19.8 Å². The number of hydrogen-bond donors (Lipinski definition) is 1. The van der Waals surface area contributed by atoms with Crippen LogP contribution < -0.4 is 5.32 Å². The normalized spacial score (nSPS) is 20.6. The van der Waals surface area contributed by atoms with E-state index >= 15 is 0 Å². The fraction of sp³-hybridized carbons (Fsp3) is 0.750. The molecule has 1 aromatic heterocycles. The summed E-state index contributed by atoms with van der Waals surface area (Å²) in [6, 6.07) is 0.163. The van der Waals surface area contributed by atoms with E-state index in [1.807, 2.05) is 4.90 Å². The van der Waals surface area contributed by atoms with Crippen molar-refractivity contribution >= 4 is 11.8 Å². The Kier molecular flexibility index (Phi) is 5.21. The van der Waals surface area contributed by atoms with Crippen LogP contribution in [0.4, 0.5) is 0 Å². The fourth-order valence-corrected chi connectivity index (χ4v) is 4.16. The van der Waals surface area contributed by atoms with Crippen molar-refractivity contribution in [3.8, 4) is 0 Å². The van der Waals surface area contributed by atoms with Crippen molar-refractivity contribution in [2.75, 3.05) is 26.3 Å². The molecule has 7 nitrogen and oxygen atoms in total. The van der Waals surface area contributed by atoms with Gasteiger partial charge in [-0.15, -0.1) is 0 Å². The topological polar surface area (TPSA) is 76.5 Å². The van der Waals surface area contributed by atoms with Gasteiger partial charge in [-0.25, -0.2) is 4.98 Å². The molecular weight excluding hydrogens is 344 g/mol. The zero-order valence-electron chi connectivity index (χ0n) is 16.4. The lowest BCUT2D eigenvalue weighted by Gasteiger charge is -2.28. The van der Waals surface area contributed by atoms with Gasteiger partial charge in [0.2, 0.25) is 5.91 Å². The summed E-state index contributed by atoms with van der Waals surface area (Å²) in [6.45, 7) is 7.65. The average Bonchev–Trinajstić information content (AvgIpc) is 3.45. The zero-order chi connectivity index (χ0) is 19.0. The Balaban J connectivity index is 1.48. The molecule has 27 heavy (non-hydrogen) atoms. The van der Waals surface area contributed by atoms with Crippen LogP contribution in [0.15, 0.2) is 0 Å². The molecule has 3 heterocycles. The highest BCUT2D eigenvalue weighted by molar-refractivity contribution is 5.91. The smallest absolute Gasteiger partial charge is 0.287 e. The number of carbonyl (C=O) groups is 2. The quantitative estimate of drug-likeness (QED) is 0.854. The van der Waals surface area contributed by atoms with Crippen molar-refractivity contribution in [3.05, 3.63) is 17.2 Å². The Hall–Kier alpha value is -1.89. The highest BCUT2D eigenvalue weighted by Crippen LogP contribution is 2.33. The Bertz CT molecular complexity index is 717. The average molecular weight is 374 g/mol. The first-order valence-corrected chi connectivity index (χ1v) is 10.3. The molecular formula is C20H30N4O3. The summed E-state index contributed by atoms with van der Waals surface area (Å²) >= 11 is 0. The lowest BCUT2D eigenvalue weighted by atomic mass is 10.0. The van der Waals surface area contributed by atoms with Gasteiger partial charge < -0.3 is 19.5 Å². The number of amides is 2. The van der Waals surface area contributed by atoms with Crippen molar-refractivity contribution in [2.24, 2.45) is 11.8 Å². The highest BCUT2D eigenvalue weighted by Gasteiger charge is 2.36. The summed E-state index contributed by atoms with van der Waals surface area (Å²) in [4.78, 5) is 31.9. The summed E-state index contributed by atoms with van der Waals surface area (Å²) in [5.74, 6) is 1.34. The molecule has 3 aliphatic rings. The number of hydrogen-bond acceptors (Lipinski definition) is 4. The van der Waals surface area contributed by atoms with Crippen LogP contribution in [0.2, 0.25) is 0 Å². The minimum absolute atomic E-state index is 0.107. The molecule has 7 heteroatoms. The third kappa shape index (κ3) is 3.88. The molecule has 1 aromatic rings. The summed E-state index contributed by atoms with van der Waals surface area (Å²) in [5, 5.41) is 3.08. The lowest BCUT2D eigenvalue weighted by Crippen LogP contribution is -2.37. The van der Waals surface area contributed by atoms with Crippen molar-refractivity contribution < 1.29 is 14.3 Å². The van der Waals surface area contributed by atoms with Gasteiger partial charge in [-0.05, 0) is 45.4 Å². The third-order valence-corrected chi connectivity index (χ3v) is 5.90. The molecule has 0 atom stereocenters. The first kappa shape index (κ1) is 18.5. The molecule has 1 aliphatic carbocycles. The molecule has 2 amide bonds. The predicted octanol–water partition coefficient (Wildman–Crippen LogP) is 1.92. The minimum Gasteiger partial charge on any atom is -0.381 e. The third-order valence-electron chi connectivity index (χ3n) is 5.90. The van der Waals surface area contributed by atoms with E-state index < -0.39 is 0 Å². The number of aromatic nitrogens is 2. The lowest BCUT2D eigenvalue weighted by molar-refractivity contribution is -0.133. The number of rotatable bonds is 5. The van der Waals surface area contributed by atoms with Gasteiger partial charge in [-0.2, -0.15) is 0 Å². The predicted molar refractivity (Wildman–Crippen MR) is 100 cm³/mol. The Morgan fingerprint density at radius 1 is 1.22 bits per heavy atom. The number of imidazole rings is 1. The number of nitrogens with zero attached hydrogens (tertiary/aromatic N) is 3. The maximum atomic E-state index is 12.9. The Morgan fingerprint density at radius 2 is 1.96 bits per heavy atom. The van der Waals surface area contributed by atoms with Crippen LogP contribution in [0, 0.1) is 11.8 Å². The molecule has 2 fully saturated rings. The van der Waals surface area contributed by atoms with E-state index in [0.29, 0.717) is 24.8 Å². The summed E-state index contributed by atoms with van der Waals surface area (Å²) in [7, 11) is 0. The van der Waals surface area contributed by atoms with Crippen LogP contribution in [0.3, 0.4) is 0 Å². The van der Waals surface area contributed by atoms with Crippen molar-refractivity contribution in [1.29, 1.82) is 0 Å². The van der Waals surface area contributed by atoms with Crippen LogP contribution >= 0.6 is 0 Å². The summed E-state index contributed by atoms with van der Waals surface area (Å²) in [6.07, 6.45) is 4.79. The molecule has 4 rings (SSSR count). The van der Waals surface area contributed by atoms with Crippen LogP contribution in [0.1, 0.15) is 67.6 Å². The van der Waals surface area contributed by atoms with Crippen molar-refractivity contribution in [3.63, 3.8) is 0 Å². The van der Waals surface area contributed by atoms with Crippen LogP contribution in [-0.4, -0.2) is 52.6 Å². The summed E-state index contributed by atoms with van der Waals surface area (Å²) < 4.78 is 7.45. The largest absolute Gasteiger partial charge is 0.381 e. The second-order valence-electron chi connectivity index (χ2n) is 8.34. The minimum atomic E-state index is -0.107. The molecule has 1 saturated carbocycles. The van der Waals surface area contributed by atoms with E-state index in [0.717, 1.165) is 63.3 Å². The number of ether oxygens (including phenoxy) is 1. The number of nitrogens with one attached hydrogen (secondary N) is 1. The van der Waals surface area contributed by atoms with E-state index in [1.54, 1.807) is 0 Å². The van der Waals surface area contributed by atoms with Gasteiger partial charge >= 0.3 is 0 Å². The highest BCUT2D eigenvalue weighted by atomic mass is 16.5. The van der Waals surface area contributed by atoms with Gasteiger partial charge in [0.15, 0.2) is 5.82 Å². The molecule has 2 aliphatic heterocycles. The van der Waals surface area contributed by atoms with Gasteiger partial charge in [0.1, 0.15) is 0 Å². The monoisotopic (exact) mass is 374 g/mol. The van der Waals surface area contributed by atoms with Gasteiger partial charge in [0.25, 0.3) is 5.91 Å². The van der Waals surface area contributed by atoms with Gasteiger partial charge in [0.05, 0.1) is 12.2 Å². The van der Waals surface area contributed by atoms with Crippen molar-refractivity contribution in [2.45, 2.75) is 58.5 Å². The van der Waals surface area contributed by atoms with Gasteiger partial charge in [-0.3, -0.25) is 9.59 Å². The van der Waals surface area contributed by atoms with E-state index in [4.69, 9.17) is 4.74 Å². The standard InChI is InChI=1S/C20H30N4O3/c1-13(2)24-17-5-8-23(20(26)15-3-4-15)12-16(17)22-18(24)19(25)21-11-14-6-9-27-10-7-14/h13-15H,3-12H2,1-2H3,(H,21,25). The maximum Gasteiger partial charge on any atom is 0.287 e. The molecule has 0 spiro atoms. The molecule has 0 bridgehead atoms. The van der Waals surface area contributed by atoms with E-state index in [1.165, 1.54) is 0 Å². The molecule has 0 unspecified atom stereocenters. The van der Waals surface area contributed by atoms with Gasteiger partial charge in [0, 0.05) is 50.4 Å². The molecule has 0 radical (unpaired) electrons. The summed E-state index contributed by atoms with van der Waals surface area (Å²) in [5.41, 5.74) is 2.00. The van der Waals surface area contributed by atoms with Crippen LogP contribution in [0.5, 0.6) is 0 Å². The zero-order valence-corrected chi connectivity index (χ0v) is 16.4. The molecule has 148 valence electrons.